The first kappa shape index (κ1) is 14.6. The standard InChI is InChI=1S/C9H4Cl6O/c1-16-4(10)2-3-5(11)7(13)9(15)8(14)6(3)12/h2H,1H3/b4-2-. The van der Waals surface area contributed by atoms with E-state index in [-0.39, 0.29) is 30.3 Å². The van der Waals surface area contributed by atoms with E-state index in [4.69, 9.17) is 74.3 Å². The van der Waals surface area contributed by atoms with E-state index in [2.05, 4.69) is 0 Å². The maximum absolute atomic E-state index is 5.96. The van der Waals surface area contributed by atoms with Gasteiger partial charge in [0.2, 0.25) is 0 Å². The van der Waals surface area contributed by atoms with E-state index in [1.807, 2.05) is 0 Å². The van der Waals surface area contributed by atoms with Crippen LogP contribution in [0.4, 0.5) is 0 Å². The van der Waals surface area contributed by atoms with E-state index in [1.54, 1.807) is 0 Å². The lowest BCUT2D eigenvalue weighted by atomic mass is 10.2. The molecule has 1 aromatic carbocycles. The number of halogens is 6. The smallest absolute Gasteiger partial charge is 0.187 e. The number of methoxy groups -OCH3 is 1. The van der Waals surface area contributed by atoms with Gasteiger partial charge in [0.05, 0.1) is 32.2 Å². The Labute approximate surface area is 123 Å². The number of ether oxygens (including phenoxy) is 1. The Bertz CT molecular complexity index is 425. The van der Waals surface area contributed by atoms with Gasteiger partial charge in [-0.05, 0) is 11.6 Å². The molecule has 0 N–H and O–H groups in total. The highest BCUT2D eigenvalue weighted by atomic mass is 35.5. The van der Waals surface area contributed by atoms with E-state index in [0.29, 0.717) is 5.56 Å². The van der Waals surface area contributed by atoms with Crippen LogP contribution in [0.2, 0.25) is 25.1 Å². The average Bonchev–Trinajstić information content (AvgIpc) is 2.29. The van der Waals surface area contributed by atoms with Crippen LogP contribution in [0.15, 0.2) is 5.22 Å². The first-order valence-electron chi connectivity index (χ1n) is 3.82. The monoisotopic (exact) mass is 338 g/mol. The molecule has 0 atom stereocenters. The lowest BCUT2D eigenvalue weighted by molar-refractivity contribution is 0.325. The maximum atomic E-state index is 5.96. The molecular weight excluding hydrogens is 337 g/mol. The molecule has 0 aliphatic carbocycles. The minimum Gasteiger partial charge on any atom is -0.486 e. The van der Waals surface area contributed by atoms with Crippen molar-refractivity contribution in [3.8, 4) is 0 Å². The summed E-state index contributed by atoms with van der Waals surface area (Å²) < 4.78 is 4.76. The third-order valence-corrected chi connectivity index (χ3v) is 4.27. The normalized spacial score (nSPS) is 11.8. The topological polar surface area (TPSA) is 9.23 Å². The molecule has 0 saturated heterocycles. The van der Waals surface area contributed by atoms with Crippen LogP contribution in [-0.2, 0) is 4.74 Å². The fourth-order valence-electron chi connectivity index (χ4n) is 0.921. The molecular formula is C9H4Cl6O. The van der Waals surface area contributed by atoms with Crippen molar-refractivity contribution in [1.29, 1.82) is 0 Å². The van der Waals surface area contributed by atoms with Crippen molar-refractivity contribution in [3.63, 3.8) is 0 Å². The zero-order valence-corrected chi connectivity index (χ0v) is 12.3. The summed E-state index contributed by atoms with van der Waals surface area (Å²) in [5, 5.41) is 0.754. The summed E-state index contributed by atoms with van der Waals surface area (Å²) in [7, 11) is 1.40. The van der Waals surface area contributed by atoms with Crippen LogP contribution in [0, 0.1) is 0 Å². The molecule has 0 spiro atoms. The van der Waals surface area contributed by atoms with Crippen molar-refractivity contribution in [2.24, 2.45) is 0 Å². The zero-order valence-electron chi connectivity index (χ0n) is 7.75. The Morgan fingerprint density at radius 1 is 0.875 bits per heavy atom. The molecule has 1 aromatic rings. The SMILES string of the molecule is CO/C(Cl)=C\c1c(Cl)c(Cl)c(Cl)c(Cl)c1Cl. The zero-order chi connectivity index (χ0) is 12.5. The molecule has 88 valence electrons. The molecule has 0 aliphatic heterocycles. The first-order valence-corrected chi connectivity index (χ1v) is 6.09. The van der Waals surface area contributed by atoms with Crippen molar-refractivity contribution in [2.75, 3.05) is 7.11 Å². The molecule has 7 heteroatoms. The highest BCUT2D eigenvalue weighted by molar-refractivity contribution is 6.55. The molecule has 0 saturated carbocycles. The Morgan fingerprint density at radius 2 is 1.25 bits per heavy atom. The molecule has 0 heterocycles. The Kier molecular flexibility index (Phi) is 5.37. The van der Waals surface area contributed by atoms with E-state index < -0.39 is 0 Å². The van der Waals surface area contributed by atoms with Gasteiger partial charge in [-0.15, -0.1) is 0 Å². The van der Waals surface area contributed by atoms with Crippen LogP contribution in [0.1, 0.15) is 5.56 Å². The second-order valence-electron chi connectivity index (χ2n) is 2.64. The molecule has 0 bridgehead atoms. The Hall–Kier alpha value is 0.500. The number of rotatable bonds is 2. The quantitative estimate of drug-likeness (QED) is 0.357. The fourth-order valence-corrected chi connectivity index (χ4v) is 2.29. The average molecular weight is 341 g/mol. The minimum atomic E-state index is 0.0956. The van der Waals surface area contributed by atoms with E-state index >= 15 is 0 Å². The molecule has 0 fully saturated rings. The molecule has 0 aliphatic rings. The molecule has 1 nitrogen and oxygen atoms in total. The van der Waals surface area contributed by atoms with Crippen LogP contribution in [0.25, 0.3) is 6.08 Å². The van der Waals surface area contributed by atoms with E-state index in [0.717, 1.165) is 0 Å². The van der Waals surface area contributed by atoms with Crippen molar-refractivity contribution in [2.45, 2.75) is 0 Å². The van der Waals surface area contributed by atoms with Gasteiger partial charge in [-0.25, -0.2) is 0 Å². The summed E-state index contributed by atoms with van der Waals surface area (Å²) in [4.78, 5) is 0. The van der Waals surface area contributed by atoms with Gasteiger partial charge in [-0.3, -0.25) is 0 Å². The van der Waals surface area contributed by atoms with Crippen LogP contribution in [0.5, 0.6) is 0 Å². The molecule has 0 amide bonds. The second-order valence-corrected chi connectivity index (χ2v) is 4.90. The van der Waals surface area contributed by atoms with E-state index in [1.165, 1.54) is 13.2 Å². The summed E-state index contributed by atoms with van der Waals surface area (Å²) in [6.45, 7) is 0. The Morgan fingerprint density at radius 3 is 1.62 bits per heavy atom. The van der Waals surface area contributed by atoms with Crippen molar-refractivity contribution in [1.82, 2.24) is 0 Å². The number of hydrogen-bond acceptors (Lipinski definition) is 1. The molecule has 0 aromatic heterocycles. The summed E-state index contributed by atoms with van der Waals surface area (Å²) in [5.74, 6) is 0. The maximum Gasteiger partial charge on any atom is 0.187 e. The summed E-state index contributed by atoms with van der Waals surface area (Å²) in [6.07, 6.45) is 1.40. The largest absolute Gasteiger partial charge is 0.486 e. The lowest BCUT2D eigenvalue weighted by Gasteiger charge is -2.09. The summed E-state index contributed by atoms with van der Waals surface area (Å²) in [6, 6.07) is 0. The van der Waals surface area contributed by atoms with Gasteiger partial charge in [0.25, 0.3) is 0 Å². The van der Waals surface area contributed by atoms with Gasteiger partial charge < -0.3 is 4.74 Å². The van der Waals surface area contributed by atoms with E-state index in [9.17, 15) is 0 Å². The van der Waals surface area contributed by atoms with Gasteiger partial charge in [0.1, 0.15) is 0 Å². The van der Waals surface area contributed by atoms with Crippen LogP contribution < -0.4 is 0 Å². The minimum absolute atomic E-state index is 0.0956. The van der Waals surface area contributed by atoms with Crippen LogP contribution in [-0.4, -0.2) is 7.11 Å². The van der Waals surface area contributed by atoms with Gasteiger partial charge in [0.15, 0.2) is 5.22 Å². The predicted molar refractivity (Wildman–Crippen MR) is 72.3 cm³/mol. The molecule has 1 rings (SSSR count). The molecule has 0 radical (unpaired) electrons. The molecule has 0 unspecified atom stereocenters. The second kappa shape index (κ2) is 5.90. The van der Waals surface area contributed by atoms with Crippen molar-refractivity contribution < 1.29 is 4.74 Å². The van der Waals surface area contributed by atoms with Crippen molar-refractivity contribution >= 4 is 75.7 Å². The van der Waals surface area contributed by atoms with Crippen LogP contribution in [0.3, 0.4) is 0 Å². The van der Waals surface area contributed by atoms with Gasteiger partial charge in [0, 0.05) is 11.6 Å². The first-order chi connectivity index (χ1) is 7.40. The summed E-state index contributed by atoms with van der Waals surface area (Å²) >= 11 is 35.2. The van der Waals surface area contributed by atoms with Gasteiger partial charge in [-0.2, -0.15) is 0 Å². The highest BCUT2D eigenvalue weighted by Crippen LogP contribution is 2.44. The third kappa shape index (κ3) is 2.84. The fraction of sp³-hybridized carbons (Fsp3) is 0.111. The Balaban J connectivity index is 3.52. The lowest BCUT2D eigenvalue weighted by Crippen LogP contribution is -1.86. The number of benzene rings is 1. The summed E-state index contributed by atoms with van der Waals surface area (Å²) in [5.41, 5.74) is 0.356. The molecule has 16 heavy (non-hydrogen) atoms. The number of hydrogen-bond donors (Lipinski definition) is 0. The third-order valence-electron chi connectivity index (χ3n) is 1.70. The predicted octanol–water partition coefficient (Wildman–Crippen LogP) is 6.14. The van der Waals surface area contributed by atoms with Gasteiger partial charge in [-0.1, -0.05) is 58.0 Å². The highest BCUT2D eigenvalue weighted by Gasteiger charge is 2.18. The van der Waals surface area contributed by atoms with Gasteiger partial charge >= 0.3 is 0 Å². The van der Waals surface area contributed by atoms with Crippen molar-refractivity contribution in [3.05, 3.63) is 35.9 Å². The van der Waals surface area contributed by atoms with Crippen LogP contribution >= 0.6 is 69.6 Å².